The zero-order chi connectivity index (χ0) is 25.5. The minimum absolute atomic E-state index is 0.0698. The van der Waals surface area contributed by atoms with Gasteiger partial charge < -0.3 is 24.3 Å². The maximum absolute atomic E-state index is 13.9. The molecule has 37 heavy (non-hydrogen) atoms. The molecule has 3 aromatic rings. The second-order valence-electron chi connectivity index (χ2n) is 9.12. The van der Waals surface area contributed by atoms with Crippen molar-refractivity contribution in [2.24, 2.45) is 0 Å². The predicted octanol–water partition coefficient (Wildman–Crippen LogP) is 3.69. The highest BCUT2D eigenvalue weighted by molar-refractivity contribution is 5.81. The number of nitrogens with zero attached hydrogens (tertiary/aromatic N) is 2. The second kappa shape index (κ2) is 12.0. The van der Waals surface area contributed by atoms with Crippen molar-refractivity contribution in [3.05, 3.63) is 83.9 Å². The number of aromatic nitrogens is 1. The van der Waals surface area contributed by atoms with Crippen molar-refractivity contribution in [3.8, 4) is 17.2 Å². The molecular weight excluding hydrogens is 477 g/mol. The monoisotopic (exact) mass is 507 g/mol. The quantitative estimate of drug-likeness (QED) is 0.424. The Balaban J connectivity index is 1.34. The molecule has 1 amide bonds. The summed E-state index contributed by atoms with van der Waals surface area (Å²) in [5.74, 6) is 0.976. The van der Waals surface area contributed by atoms with E-state index in [1.165, 1.54) is 12.1 Å². The fourth-order valence-corrected chi connectivity index (χ4v) is 4.48. The number of hydrogen-bond donors (Lipinski definition) is 1. The Morgan fingerprint density at radius 3 is 2.86 bits per heavy atom. The zero-order valence-corrected chi connectivity index (χ0v) is 20.5. The van der Waals surface area contributed by atoms with Crippen LogP contribution < -0.4 is 19.5 Å². The largest absolute Gasteiger partial charge is 0.479 e. The Morgan fingerprint density at radius 1 is 1.14 bits per heavy atom. The van der Waals surface area contributed by atoms with Gasteiger partial charge in [0.15, 0.2) is 17.6 Å². The van der Waals surface area contributed by atoms with Crippen LogP contribution in [0.3, 0.4) is 0 Å². The van der Waals surface area contributed by atoms with Gasteiger partial charge in [-0.2, -0.15) is 0 Å². The van der Waals surface area contributed by atoms with Crippen LogP contribution in [0.2, 0.25) is 0 Å². The minimum Gasteiger partial charge on any atom is -0.479 e. The van der Waals surface area contributed by atoms with E-state index in [1.807, 2.05) is 36.4 Å². The number of rotatable bonds is 11. The summed E-state index contributed by atoms with van der Waals surface area (Å²) in [5.41, 5.74) is 1.75. The van der Waals surface area contributed by atoms with Crippen LogP contribution in [0.1, 0.15) is 24.1 Å². The molecule has 9 heteroatoms. The maximum Gasteiger partial charge on any atom is 0.262 e. The van der Waals surface area contributed by atoms with Crippen molar-refractivity contribution in [1.29, 1.82) is 0 Å². The fourth-order valence-electron chi connectivity index (χ4n) is 4.48. The third kappa shape index (κ3) is 6.96. The molecule has 1 N–H and O–H groups in total. The van der Waals surface area contributed by atoms with E-state index in [2.05, 4.69) is 15.2 Å². The zero-order valence-electron chi connectivity index (χ0n) is 20.5. The molecule has 2 atom stereocenters. The Kier molecular flexibility index (Phi) is 8.12. The summed E-state index contributed by atoms with van der Waals surface area (Å²) in [5, 5.41) is 2.92. The van der Waals surface area contributed by atoms with Crippen LogP contribution in [0.5, 0.6) is 17.2 Å². The average molecular weight is 508 g/mol. The number of pyridine rings is 1. The average Bonchev–Trinajstić information content (AvgIpc) is 3.59. The first-order valence-corrected chi connectivity index (χ1v) is 12.4. The number of fused-ring (bicyclic) bond motifs is 1. The van der Waals surface area contributed by atoms with Gasteiger partial charge in [0.25, 0.3) is 5.91 Å². The van der Waals surface area contributed by atoms with E-state index in [0.29, 0.717) is 18.8 Å². The van der Waals surface area contributed by atoms with Crippen LogP contribution >= 0.6 is 0 Å². The molecule has 1 saturated heterocycles. The predicted molar refractivity (Wildman–Crippen MR) is 134 cm³/mol. The number of carbonyl (C=O) groups is 1. The number of benzene rings is 2. The van der Waals surface area contributed by atoms with Crippen molar-refractivity contribution in [3.63, 3.8) is 0 Å². The molecule has 5 rings (SSSR count). The summed E-state index contributed by atoms with van der Waals surface area (Å²) >= 11 is 0. The number of hydrogen-bond acceptors (Lipinski definition) is 7. The molecule has 0 bridgehead atoms. The molecule has 1 aromatic heterocycles. The van der Waals surface area contributed by atoms with Crippen LogP contribution in [0, 0.1) is 5.82 Å². The molecule has 0 spiro atoms. The highest BCUT2D eigenvalue weighted by atomic mass is 19.1. The van der Waals surface area contributed by atoms with Crippen molar-refractivity contribution >= 4 is 5.91 Å². The topological polar surface area (TPSA) is 82.2 Å². The minimum atomic E-state index is -0.888. The number of nitrogens with one attached hydrogen (secondary N) is 1. The van der Waals surface area contributed by atoms with Gasteiger partial charge in [-0.3, -0.25) is 14.7 Å². The molecule has 0 aliphatic carbocycles. The van der Waals surface area contributed by atoms with Crippen LogP contribution in [-0.2, 0) is 22.6 Å². The van der Waals surface area contributed by atoms with Gasteiger partial charge in [-0.25, -0.2) is 4.39 Å². The van der Waals surface area contributed by atoms with Crippen molar-refractivity contribution in [2.45, 2.75) is 38.1 Å². The summed E-state index contributed by atoms with van der Waals surface area (Å²) in [4.78, 5) is 19.7. The molecule has 2 aromatic carbocycles. The van der Waals surface area contributed by atoms with Crippen LogP contribution in [-0.4, -0.2) is 54.5 Å². The summed E-state index contributed by atoms with van der Waals surface area (Å²) in [6, 6.07) is 17.2. The molecular formula is C28H30FN3O5. The third-order valence-electron chi connectivity index (χ3n) is 6.29. The highest BCUT2D eigenvalue weighted by Gasteiger charge is 2.27. The number of ether oxygens (including phenoxy) is 4. The molecule has 194 valence electrons. The van der Waals surface area contributed by atoms with Gasteiger partial charge in [0, 0.05) is 38.5 Å². The second-order valence-corrected chi connectivity index (χ2v) is 9.12. The molecule has 1 fully saturated rings. The normalized spacial score (nSPS) is 17.1. The van der Waals surface area contributed by atoms with E-state index in [9.17, 15) is 9.18 Å². The summed E-state index contributed by atoms with van der Waals surface area (Å²) in [6.07, 6.45) is 2.83. The van der Waals surface area contributed by atoms with Gasteiger partial charge >= 0.3 is 0 Å². The van der Waals surface area contributed by atoms with Crippen molar-refractivity contribution < 1.29 is 28.1 Å². The van der Waals surface area contributed by atoms with E-state index in [-0.39, 0.29) is 37.6 Å². The smallest absolute Gasteiger partial charge is 0.262 e. The van der Waals surface area contributed by atoms with Crippen LogP contribution in [0.4, 0.5) is 4.39 Å². The molecule has 2 aliphatic heterocycles. The van der Waals surface area contributed by atoms with E-state index in [4.69, 9.17) is 18.9 Å². The van der Waals surface area contributed by atoms with Gasteiger partial charge in [0.05, 0.1) is 18.3 Å². The van der Waals surface area contributed by atoms with Gasteiger partial charge in [-0.1, -0.05) is 18.2 Å². The standard InChI is InChI=1S/C28H30FN3O5/c29-21-5-3-7-23(14-21)37-27(28(33)31-15-22-6-1-2-11-30-22)18-32(17-24-8-4-12-34-24)16-20-9-10-25-26(13-20)36-19-35-25/h1-3,5-7,9-11,13-14,24,27H,4,8,12,15-19H2,(H,31,33)/t24-,27-/m0/s1. The first-order valence-electron chi connectivity index (χ1n) is 12.4. The fraction of sp³-hybridized carbons (Fsp3) is 0.357. The van der Waals surface area contributed by atoms with E-state index in [0.717, 1.165) is 36.5 Å². The van der Waals surface area contributed by atoms with Crippen molar-refractivity contribution in [1.82, 2.24) is 15.2 Å². The lowest BCUT2D eigenvalue weighted by Gasteiger charge is -2.29. The molecule has 0 unspecified atom stereocenters. The van der Waals surface area contributed by atoms with Crippen molar-refractivity contribution in [2.75, 3.05) is 26.5 Å². The number of amides is 1. The Hall–Kier alpha value is -3.69. The maximum atomic E-state index is 13.9. The Morgan fingerprint density at radius 2 is 2.05 bits per heavy atom. The lowest BCUT2D eigenvalue weighted by molar-refractivity contribution is -0.129. The summed E-state index contributed by atoms with van der Waals surface area (Å²) < 4.78 is 36.8. The van der Waals surface area contributed by atoms with E-state index in [1.54, 1.807) is 18.3 Å². The molecule has 8 nitrogen and oxygen atoms in total. The molecule has 2 aliphatic rings. The van der Waals surface area contributed by atoms with E-state index >= 15 is 0 Å². The van der Waals surface area contributed by atoms with Gasteiger partial charge in [0.1, 0.15) is 11.6 Å². The Bertz CT molecular complexity index is 1190. The first kappa shape index (κ1) is 25.0. The lowest BCUT2D eigenvalue weighted by Crippen LogP contribution is -2.47. The Labute approximate surface area is 215 Å². The number of carbonyl (C=O) groups excluding carboxylic acids is 1. The first-order chi connectivity index (χ1) is 18.1. The van der Waals surface area contributed by atoms with Gasteiger partial charge in [0.2, 0.25) is 6.79 Å². The third-order valence-corrected chi connectivity index (χ3v) is 6.29. The molecule has 0 radical (unpaired) electrons. The number of halogens is 1. The summed E-state index contributed by atoms with van der Waals surface area (Å²) in [6.45, 7) is 2.65. The molecule has 3 heterocycles. The van der Waals surface area contributed by atoms with Crippen LogP contribution in [0.25, 0.3) is 0 Å². The van der Waals surface area contributed by atoms with E-state index < -0.39 is 11.9 Å². The molecule has 0 saturated carbocycles. The lowest BCUT2D eigenvalue weighted by atomic mass is 10.1. The highest BCUT2D eigenvalue weighted by Crippen LogP contribution is 2.33. The summed E-state index contributed by atoms with van der Waals surface area (Å²) in [7, 11) is 0. The van der Waals surface area contributed by atoms with Crippen LogP contribution in [0.15, 0.2) is 66.9 Å². The van der Waals surface area contributed by atoms with Gasteiger partial charge in [-0.05, 0) is 54.8 Å². The SMILES string of the molecule is O=C(NCc1ccccn1)[C@H](CN(Cc1ccc2c(c1)OCO2)C[C@@H]1CCCO1)Oc1cccc(F)c1. The van der Waals surface area contributed by atoms with Gasteiger partial charge in [-0.15, -0.1) is 0 Å².